The quantitative estimate of drug-likeness (QED) is 0.484. The third-order valence-electron chi connectivity index (χ3n) is 3.62. The molecule has 0 nitrogen and oxygen atoms in total. The molecule has 0 aromatic carbocycles. The highest BCUT2D eigenvalue weighted by Gasteiger charge is 2.27. The minimum Gasteiger partial charge on any atom is -0.165 e. The Morgan fingerprint density at radius 3 is 2.73 bits per heavy atom. The molecule has 1 aliphatic carbocycles. The first kappa shape index (κ1) is 13.9. The molecule has 0 saturated heterocycles. The highest BCUT2D eigenvalue weighted by atomic mass is 79.9. The van der Waals surface area contributed by atoms with E-state index in [0.29, 0.717) is 0 Å². The molecule has 3 unspecified atom stereocenters. The van der Waals surface area contributed by atoms with E-state index in [-0.39, 0.29) is 0 Å². The van der Waals surface area contributed by atoms with Crippen LogP contribution in [0.25, 0.3) is 0 Å². The Labute approximate surface area is 108 Å². The lowest BCUT2D eigenvalue weighted by Gasteiger charge is -2.33. The van der Waals surface area contributed by atoms with Crippen molar-refractivity contribution in [3.8, 4) is 0 Å². The van der Waals surface area contributed by atoms with Crippen molar-refractivity contribution in [1.82, 2.24) is 0 Å². The van der Waals surface area contributed by atoms with Crippen molar-refractivity contribution in [1.29, 1.82) is 0 Å². The average Bonchev–Trinajstić information content (AvgIpc) is 2.23. The molecule has 0 aromatic heterocycles. The molecule has 0 amide bonds. The zero-order valence-electron chi connectivity index (χ0n) is 10.2. The second-order valence-corrected chi connectivity index (χ2v) is 7.04. The number of alkyl halides is 1. The van der Waals surface area contributed by atoms with Gasteiger partial charge in [0.05, 0.1) is 0 Å². The van der Waals surface area contributed by atoms with Crippen LogP contribution in [-0.4, -0.2) is 16.8 Å². The van der Waals surface area contributed by atoms with E-state index in [0.717, 1.165) is 16.7 Å². The minimum atomic E-state index is 0.812. The van der Waals surface area contributed by atoms with Crippen LogP contribution in [0, 0.1) is 11.8 Å². The molecule has 1 saturated carbocycles. The normalized spacial score (nSPS) is 31.8. The monoisotopic (exact) mass is 292 g/mol. The summed E-state index contributed by atoms with van der Waals surface area (Å²) in [6, 6.07) is 0. The highest BCUT2D eigenvalue weighted by molar-refractivity contribution is 9.09. The molecule has 1 aliphatic rings. The first-order valence-corrected chi connectivity index (χ1v) is 8.71. The first-order chi connectivity index (χ1) is 7.27. The predicted octanol–water partition coefficient (Wildman–Crippen LogP) is 5.11. The summed E-state index contributed by atoms with van der Waals surface area (Å²) in [5.41, 5.74) is 0. The Hall–Kier alpha value is 0.830. The van der Waals surface area contributed by atoms with Gasteiger partial charge in [-0.2, -0.15) is 11.8 Å². The van der Waals surface area contributed by atoms with Crippen molar-refractivity contribution in [2.24, 2.45) is 11.8 Å². The molecule has 90 valence electrons. The Morgan fingerprint density at radius 2 is 2.07 bits per heavy atom. The third-order valence-corrected chi connectivity index (χ3v) is 5.52. The molecular formula is C13H25BrS. The van der Waals surface area contributed by atoms with Gasteiger partial charge in [0.1, 0.15) is 0 Å². The first-order valence-electron chi connectivity index (χ1n) is 6.41. The van der Waals surface area contributed by atoms with Crippen molar-refractivity contribution in [3.63, 3.8) is 0 Å². The van der Waals surface area contributed by atoms with Crippen LogP contribution in [-0.2, 0) is 0 Å². The summed E-state index contributed by atoms with van der Waals surface area (Å²) in [5, 5.41) is 0. The Kier molecular flexibility index (Phi) is 7.41. The molecule has 0 aliphatic heterocycles. The van der Waals surface area contributed by atoms with Gasteiger partial charge in [0.2, 0.25) is 0 Å². The van der Waals surface area contributed by atoms with Gasteiger partial charge in [-0.1, -0.05) is 35.7 Å². The predicted molar refractivity (Wildman–Crippen MR) is 76.1 cm³/mol. The van der Waals surface area contributed by atoms with E-state index in [1.807, 2.05) is 11.8 Å². The van der Waals surface area contributed by atoms with E-state index in [1.54, 1.807) is 0 Å². The minimum absolute atomic E-state index is 0.812. The maximum absolute atomic E-state index is 3.88. The summed E-state index contributed by atoms with van der Waals surface area (Å²) in [4.78, 5) is 0.812. The average molecular weight is 293 g/mol. The van der Waals surface area contributed by atoms with Gasteiger partial charge < -0.3 is 0 Å². The van der Waals surface area contributed by atoms with Crippen LogP contribution >= 0.6 is 27.7 Å². The lowest BCUT2D eigenvalue weighted by molar-refractivity contribution is 0.253. The Morgan fingerprint density at radius 1 is 1.27 bits per heavy atom. The van der Waals surface area contributed by atoms with Crippen LogP contribution in [0.2, 0.25) is 0 Å². The smallest absolute Gasteiger partial charge is 0.0174 e. The van der Waals surface area contributed by atoms with E-state index >= 15 is 0 Å². The van der Waals surface area contributed by atoms with Gasteiger partial charge in [-0.3, -0.25) is 0 Å². The molecule has 0 bridgehead atoms. The number of thioether (sulfide) groups is 1. The zero-order valence-corrected chi connectivity index (χ0v) is 12.6. The van der Waals surface area contributed by atoms with Gasteiger partial charge in [0.15, 0.2) is 0 Å². The van der Waals surface area contributed by atoms with Crippen molar-refractivity contribution < 1.29 is 0 Å². The molecule has 0 spiro atoms. The SMILES string of the molecule is CCCC1CCC(Br)C(CCCSC)C1. The molecule has 0 heterocycles. The number of hydrogen-bond acceptors (Lipinski definition) is 1. The van der Waals surface area contributed by atoms with Crippen LogP contribution in [0.1, 0.15) is 51.9 Å². The van der Waals surface area contributed by atoms with Crippen LogP contribution in [0.4, 0.5) is 0 Å². The molecule has 1 rings (SSSR count). The maximum Gasteiger partial charge on any atom is 0.0174 e. The standard InChI is InChI=1S/C13H25BrS/c1-3-5-11-7-8-13(14)12(10-11)6-4-9-15-2/h11-13H,3-10H2,1-2H3. The molecule has 15 heavy (non-hydrogen) atoms. The summed E-state index contributed by atoms with van der Waals surface area (Å²) in [6.07, 6.45) is 12.2. The second kappa shape index (κ2) is 8.00. The van der Waals surface area contributed by atoms with Crippen LogP contribution < -0.4 is 0 Å². The summed E-state index contributed by atoms with van der Waals surface area (Å²) in [5.74, 6) is 3.33. The fourth-order valence-corrected chi connectivity index (χ4v) is 3.98. The van der Waals surface area contributed by atoms with Gasteiger partial charge in [0, 0.05) is 4.83 Å². The summed E-state index contributed by atoms with van der Waals surface area (Å²) >= 11 is 5.87. The topological polar surface area (TPSA) is 0 Å². The van der Waals surface area contributed by atoms with E-state index in [4.69, 9.17) is 0 Å². The highest BCUT2D eigenvalue weighted by Crippen LogP contribution is 2.38. The molecular weight excluding hydrogens is 268 g/mol. The number of rotatable bonds is 6. The third kappa shape index (κ3) is 5.12. The Balaban J connectivity index is 2.26. The van der Waals surface area contributed by atoms with Crippen LogP contribution in [0.3, 0.4) is 0 Å². The second-order valence-electron chi connectivity index (χ2n) is 4.88. The van der Waals surface area contributed by atoms with E-state index in [1.165, 1.54) is 50.7 Å². The number of halogens is 1. The van der Waals surface area contributed by atoms with Crippen molar-refractivity contribution in [2.45, 2.75) is 56.7 Å². The van der Waals surface area contributed by atoms with Gasteiger partial charge in [-0.15, -0.1) is 0 Å². The molecule has 0 radical (unpaired) electrons. The fraction of sp³-hybridized carbons (Fsp3) is 1.00. The largest absolute Gasteiger partial charge is 0.165 e. The molecule has 0 N–H and O–H groups in total. The molecule has 3 atom stereocenters. The van der Waals surface area contributed by atoms with Gasteiger partial charge in [-0.25, -0.2) is 0 Å². The Bertz CT molecular complexity index is 161. The maximum atomic E-state index is 3.88. The summed E-state index contributed by atoms with van der Waals surface area (Å²) < 4.78 is 0. The van der Waals surface area contributed by atoms with E-state index in [2.05, 4.69) is 29.1 Å². The number of hydrogen-bond donors (Lipinski definition) is 0. The van der Waals surface area contributed by atoms with Crippen molar-refractivity contribution >= 4 is 27.7 Å². The van der Waals surface area contributed by atoms with Gasteiger partial charge in [-0.05, 0) is 55.9 Å². The van der Waals surface area contributed by atoms with Gasteiger partial charge in [0.25, 0.3) is 0 Å². The van der Waals surface area contributed by atoms with Gasteiger partial charge >= 0.3 is 0 Å². The summed E-state index contributed by atoms with van der Waals surface area (Å²) in [7, 11) is 0. The van der Waals surface area contributed by atoms with Crippen LogP contribution in [0.15, 0.2) is 0 Å². The summed E-state index contributed by atoms with van der Waals surface area (Å²) in [6.45, 7) is 2.32. The lowest BCUT2D eigenvalue weighted by Crippen LogP contribution is -2.25. The lowest BCUT2D eigenvalue weighted by atomic mass is 9.77. The van der Waals surface area contributed by atoms with Crippen molar-refractivity contribution in [2.75, 3.05) is 12.0 Å². The molecule has 0 aromatic rings. The van der Waals surface area contributed by atoms with Crippen LogP contribution in [0.5, 0.6) is 0 Å². The van der Waals surface area contributed by atoms with E-state index < -0.39 is 0 Å². The van der Waals surface area contributed by atoms with E-state index in [9.17, 15) is 0 Å². The zero-order chi connectivity index (χ0) is 11.1. The molecule has 2 heteroatoms. The fourth-order valence-electron chi connectivity index (χ4n) is 2.78. The van der Waals surface area contributed by atoms with Crippen molar-refractivity contribution in [3.05, 3.63) is 0 Å². The molecule has 1 fully saturated rings.